The number of carbonyl (C=O) groups excluding carboxylic acids is 1. The van der Waals surface area contributed by atoms with E-state index in [9.17, 15) is 4.79 Å². The lowest BCUT2D eigenvalue weighted by molar-refractivity contribution is 0.0561. The molecule has 0 unspecified atom stereocenters. The SMILES string of the molecule is O=C(c1ccc2c(c1)OCCO2)N(CCCO)C1CCC1. The summed E-state index contributed by atoms with van der Waals surface area (Å²) in [6.07, 6.45) is 3.91. The standard InChI is InChI=1S/C16H21NO4/c18-8-2-7-17(13-3-1-4-13)16(19)12-5-6-14-15(11-12)21-10-9-20-14/h5-6,11,13,18H,1-4,7-10H2. The van der Waals surface area contributed by atoms with Crippen LogP contribution in [-0.4, -0.2) is 48.3 Å². The summed E-state index contributed by atoms with van der Waals surface area (Å²) < 4.78 is 11.0. The predicted molar refractivity (Wildman–Crippen MR) is 77.8 cm³/mol. The number of benzene rings is 1. The molecule has 0 radical (unpaired) electrons. The van der Waals surface area contributed by atoms with Crippen LogP contribution in [0, 0.1) is 0 Å². The van der Waals surface area contributed by atoms with Gasteiger partial charge in [-0.05, 0) is 43.9 Å². The first-order valence-corrected chi connectivity index (χ1v) is 7.61. The molecular weight excluding hydrogens is 270 g/mol. The number of hydrogen-bond donors (Lipinski definition) is 1. The largest absolute Gasteiger partial charge is 0.486 e. The zero-order valence-electron chi connectivity index (χ0n) is 12.1. The summed E-state index contributed by atoms with van der Waals surface area (Å²) in [7, 11) is 0. The molecule has 1 N–H and O–H groups in total. The Bertz CT molecular complexity index is 513. The maximum Gasteiger partial charge on any atom is 0.254 e. The van der Waals surface area contributed by atoms with Gasteiger partial charge in [0.05, 0.1) is 0 Å². The first-order chi connectivity index (χ1) is 10.3. The third-order valence-electron chi connectivity index (χ3n) is 4.12. The fourth-order valence-electron chi connectivity index (χ4n) is 2.73. The highest BCUT2D eigenvalue weighted by molar-refractivity contribution is 5.95. The van der Waals surface area contributed by atoms with E-state index in [1.807, 2.05) is 4.90 Å². The molecule has 1 aliphatic carbocycles. The Morgan fingerprint density at radius 3 is 2.67 bits per heavy atom. The number of nitrogens with zero attached hydrogens (tertiary/aromatic N) is 1. The number of carbonyl (C=O) groups is 1. The maximum absolute atomic E-state index is 12.7. The summed E-state index contributed by atoms with van der Waals surface area (Å²) in [5, 5.41) is 9.02. The van der Waals surface area contributed by atoms with Crippen molar-refractivity contribution >= 4 is 5.91 Å². The Balaban J connectivity index is 1.78. The first-order valence-electron chi connectivity index (χ1n) is 7.61. The van der Waals surface area contributed by atoms with Gasteiger partial charge in [-0.15, -0.1) is 0 Å². The van der Waals surface area contributed by atoms with Crippen molar-refractivity contribution in [3.63, 3.8) is 0 Å². The molecule has 21 heavy (non-hydrogen) atoms. The normalized spacial score (nSPS) is 17.2. The van der Waals surface area contributed by atoms with E-state index in [2.05, 4.69) is 0 Å². The van der Waals surface area contributed by atoms with Crippen molar-refractivity contribution in [1.82, 2.24) is 4.90 Å². The number of fused-ring (bicyclic) bond motifs is 1. The van der Waals surface area contributed by atoms with Gasteiger partial charge in [0.1, 0.15) is 13.2 Å². The van der Waals surface area contributed by atoms with Gasteiger partial charge < -0.3 is 19.5 Å². The topological polar surface area (TPSA) is 59.0 Å². The van der Waals surface area contributed by atoms with E-state index in [1.165, 1.54) is 6.42 Å². The molecule has 1 aromatic rings. The number of aliphatic hydroxyl groups excluding tert-OH is 1. The van der Waals surface area contributed by atoms with Gasteiger partial charge in [-0.1, -0.05) is 0 Å². The molecule has 0 atom stereocenters. The molecule has 0 aromatic heterocycles. The third-order valence-corrected chi connectivity index (χ3v) is 4.12. The molecule has 1 fully saturated rings. The van der Waals surface area contributed by atoms with Gasteiger partial charge in [0, 0.05) is 24.8 Å². The molecule has 3 rings (SSSR count). The second kappa shape index (κ2) is 6.35. The smallest absolute Gasteiger partial charge is 0.254 e. The summed E-state index contributed by atoms with van der Waals surface area (Å²) in [6.45, 7) is 1.78. The molecule has 5 heteroatoms. The van der Waals surface area contributed by atoms with Crippen molar-refractivity contribution in [3.05, 3.63) is 23.8 Å². The molecule has 0 bridgehead atoms. The molecule has 1 heterocycles. The molecule has 2 aliphatic rings. The Labute approximate surface area is 124 Å². The van der Waals surface area contributed by atoms with Crippen LogP contribution in [0.25, 0.3) is 0 Å². The molecule has 1 saturated carbocycles. The quantitative estimate of drug-likeness (QED) is 0.899. The lowest BCUT2D eigenvalue weighted by Gasteiger charge is -2.37. The minimum atomic E-state index is 0.0186. The van der Waals surface area contributed by atoms with Gasteiger partial charge in [0.15, 0.2) is 11.5 Å². The van der Waals surface area contributed by atoms with E-state index in [4.69, 9.17) is 14.6 Å². The van der Waals surface area contributed by atoms with Crippen LogP contribution in [0.5, 0.6) is 11.5 Å². The van der Waals surface area contributed by atoms with Crippen molar-refractivity contribution in [1.29, 1.82) is 0 Å². The van der Waals surface area contributed by atoms with Crippen LogP contribution in [0.4, 0.5) is 0 Å². The van der Waals surface area contributed by atoms with Crippen molar-refractivity contribution in [2.75, 3.05) is 26.4 Å². The van der Waals surface area contributed by atoms with Crippen LogP contribution >= 0.6 is 0 Å². The lowest BCUT2D eigenvalue weighted by atomic mass is 9.90. The Morgan fingerprint density at radius 1 is 1.24 bits per heavy atom. The maximum atomic E-state index is 12.7. The zero-order chi connectivity index (χ0) is 14.7. The van der Waals surface area contributed by atoms with Crippen LogP contribution in [0.15, 0.2) is 18.2 Å². The first kappa shape index (κ1) is 14.2. The highest BCUT2D eigenvalue weighted by atomic mass is 16.6. The summed E-state index contributed by atoms with van der Waals surface area (Å²) in [6, 6.07) is 5.67. The monoisotopic (exact) mass is 291 g/mol. The predicted octanol–water partition coefficient (Wildman–Crippen LogP) is 1.83. The summed E-state index contributed by atoms with van der Waals surface area (Å²) in [4.78, 5) is 14.6. The molecule has 114 valence electrons. The number of amides is 1. The van der Waals surface area contributed by atoms with Crippen molar-refractivity contribution < 1.29 is 19.4 Å². The number of hydrogen-bond acceptors (Lipinski definition) is 4. The second-order valence-corrected chi connectivity index (χ2v) is 5.52. The van der Waals surface area contributed by atoms with Crippen LogP contribution < -0.4 is 9.47 Å². The lowest BCUT2D eigenvalue weighted by Crippen LogP contribution is -2.45. The average Bonchev–Trinajstić information content (AvgIpc) is 2.48. The fraction of sp³-hybridized carbons (Fsp3) is 0.562. The Hall–Kier alpha value is -1.75. The van der Waals surface area contributed by atoms with Crippen molar-refractivity contribution in [2.24, 2.45) is 0 Å². The molecule has 5 nitrogen and oxygen atoms in total. The van der Waals surface area contributed by atoms with Crippen molar-refractivity contribution in [3.8, 4) is 11.5 Å². The fourth-order valence-corrected chi connectivity index (χ4v) is 2.73. The highest BCUT2D eigenvalue weighted by Gasteiger charge is 2.29. The van der Waals surface area contributed by atoms with Gasteiger partial charge in [0.2, 0.25) is 0 Å². The second-order valence-electron chi connectivity index (χ2n) is 5.52. The van der Waals surface area contributed by atoms with Gasteiger partial charge in [-0.2, -0.15) is 0 Å². The molecule has 1 amide bonds. The molecule has 0 spiro atoms. The molecule has 1 aliphatic heterocycles. The molecule has 1 aromatic carbocycles. The van der Waals surface area contributed by atoms with Crippen LogP contribution in [-0.2, 0) is 0 Å². The van der Waals surface area contributed by atoms with Gasteiger partial charge in [-0.3, -0.25) is 4.79 Å². The average molecular weight is 291 g/mol. The van der Waals surface area contributed by atoms with Gasteiger partial charge in [-0.25, -0.2) is 0 Å². The Morgan fingerprint density at radius 2 is 2.00 bits per heavy atom. The number of aliphatic hydroxyl groups is 1. The zero-order valence-corrected chi connectivity index (χ0v) is 12.1. The third kappa shape index (κ3) is 2.97. The summed E-state index contributed by atoms with van der Waals surface area (Å²) in [5.74, 6) is 1.36. The Kier molecular flexibility index (Phi) is 4.29. The van der Waals surface area contributed by atoms with E-state index in [-0.39, 0.29) is 12.5 Å². The minimum Gasteiger partial charge on any atom is -0.486 e. The van der Waals surface area contributed by atoms with Crippen LogP contribution in [0.2, 0.25) is 0 Å². The van der Waals surface area contributed by atoms with Crippen LogP contribution in [0.1, 0.15) is 36.0 Å². The van der Waals surface area contributed by atoms with Crippen molar-refractivity contribution in [2.45, 2.75) is 31.7 Å². The summed E-state index contributed by atoms with van der Waals surface area (Å²) in [5.41, 5.74) is 0.629. The molecular formula is C16H21NO4. The van der Waals surface area contributed by atoms with E-state index < -0.39 is 0 Å². The summed E-state index contributed by atoms with van der Waals surface area (Å²) >= 11 is 0. The molecule has 0 saturated heterocycles. The van der Waals surface area contributed by atoms with E-state index in [0.29, 0.717) is 49.3 Å². The van der Waals surface area contributed by atoms with Gasteiger partial charge >= 0.3 is 0 Å². The van der Waals surface area contributed by atoms with E-state index in [1.54, 1.807) is 18.2 Å². The van der Waals surface area contributed by atoms with E-state index in [0.717, 1.165) is 12.8 Å². The van der Waals surface area contributed by atoms with E-state index >= 15 is 0 Å². The number of rotatable bonds is 5. The highest BCUT2D eigenvalue weighted by Crippen LogP contribution is 2.32. The minimum absolute atomic E-state index is 0.0186. The van der Waals surface area contributed by atoms with Gasteiger partial charge in [0.25, 0.3) is 5.91 Å². The number of ether oxygens (including phenoxy) is 2. The van der Waals surface area contributed by atoms with Crippen LogP contribution in [0.3, 0.4) is 0 Å².